The predicted octanol–water partition coefficient (Wildman–Crippen LogP) is 2.32. The molecule has 1 saturated heterocycles. The molecule has 1 aliphatic heterocycles. The molecule has 2 aromatic rings. The van der Waals surface area contributed by atoms with Gasteiger partial charge in [0.15, 0.2) is 5.58 Å². The van der Waals surface area contributed by atoms with E-state index in [0.29, 0.717) is 17.1 Å². The van der Waals surface area contributed by atoms with Gasteiger partial charge in [-0.2, -0.15) is 4.98 Å². The highest BCUT2D eigenvalue weighted by atomic mass is 35.5. The molecule has 0 saturated carbocycles. The number of rotatable bonds is 3. The number of halogens is 1. The topological polar surface area (TPSA) is 93.2 Å². The van der Waals surface area contributed by atoms with Gasteiger partial charge in [0.25, 0.3) is 11.7 Å². The van der Waals surface area contributed by atoms with Crippen molar-refractivity contribution in [1.82, 2.24) is 10.3 Å². The number of oxazole rings is 1. The van der Waals surface area contributed by atoms with Crippen molar-refractivity contribution < 1.29 is 9.34 Å². The molecule has 1 atom stereocenters. The number of nitro benzene ring substituents is 1. The zero-order valence-corrected chi connectivity index (χ0v) is 11.5. The Morgan fingerprint density at radius 1 is 1.50 bits per heavy atom. The average molecular weight is 299 g/mol. The minimum absolute atomic E-state index is 0. The molecule has 1 unspecified atom stereocenters. The highest BCUT2D eigenvalue weighted by molar-refractivity contribution is 5.85. The molecule has 1 aliphatic rings. The molecule has 1 fully saturated rings. The first-order valence-corrected chi connectivity index (χ1v) is 6.24. The Hall–Kier alpha value is -1.86. The van der Waals surface area contributed by atoms with Gasteiger partial charge in [0.05, 0.1) is 4.92 Å². The summed E-state index contributed by atoms with van der Waals surface area (Å²) in [6.07, 6.45) is 2.18. The van der Waals surface area contributed by atoms with Crippen molar-refractivity contribution in [3.63, 3.8) is 0 Å². The Balaban J connectivity index is 0.00000147. The lowest BCUT2D eigenvalue weighted by atomic mass is 10.1. The molecular weight excluding hydrogens is 284 g/mol. The van der Waals surface area contributed by atoms with Gasteiger partial charge in [-0.15, -0.1) is 12.4 Å². The summed E-state index contributed by atoms with van der Waals surface area (Å²) in [5, 5.41) is 17.2. The van der Waals surface area contributed by atoms with E-state index in [9.17, 15) is 10.1 Å². The van der Waals surface area contributed by atoms with Gasteiger partial charge >= 0.3 is 0 Å². The van der Waals surface area contributed by atoms with Crippen LogP contribution in [0.4, 0.5) is 11.7 Å². The molecule has 20 heavy (non-hydrogen) atoms. The summed E-state index contributed by atoms with van der Waals surface area (Å²) in [6, 6.07) is 5.12. The van der Waals surface area contributed by atoms with E-state index in [1.165, 1.54) is 12.1 Å². The standard InChI is InChI=1S/C12H14N4O3.ClH/c17-16(18)9-3-4-11-10(6-9)15-12(19-11)14-8-2-1-5-13-7-8;/h3-4,6,8,13H,1-2,5,7H2,(H,14,15);1H. The molecule has 7 nitrogen and oxygen atoms in total. The highest BCUT2D eigenvalue weighted by Gasteiger charge is 2.16. The predicted molar refractivity (Wildman–Crippen MR) is 77.4 cm³/mol. The molecule has 0 aliphatic carbocycles. The summed E-state index contributed by atoms with van der Waals surface area (Å²) in [7, 11) is 0. The molecule has 0 radical (unpaired) electrons. The zero-order valence-electron chi connectivity index (χ0n) is 10.7. The summed E-state index contributed by atoms with van der Waals surface area (Å²) in [6.45, 7) is 1.91. The number of fused-ring (bicyclic) bond motifs is 1. The van der Waals surface area contributed by atoms with Crippen molar-refractivity contribution in [3.05, 3.63) is 28.3 Å². The molecular formula is C12H15ClN4O3. The van der Waals surface area contributed by atoms with Crippen LogP contribution in [0.3, 0.4) is 0 Å². The SMILES string of the molecule is Cl.O=[N+]([O-])c1ccc2oc(NC3CCCNC3)nc2c1. The summed E-state index contributed by atoms with van der Waals surface area (Å²) in [4.78, 5) is 14.5. The lowest BCUT2D eigenvalue weighted by Crippen LogP contribution is -2.38. The van der Waals surface area contributed by atoms with Crippen LogP contribution < -0.4 is 10.6 Å². The van der Waals surface area contributed by atoms with Gasteiger partial charge in [-0.05, 0) is 25.5 Å². The number of benzene rings is 1. The van der Waals surface area contributed by atoms with E-state index in [0.717, 1.165) is 25.9 Å². The minimum Gasteiger partial charge on any atom is -0.424 e. The number of aromatic nitrogens is 1. The van der Waals surface area contributed by atoms with Crippen LogP contribution in [0.25, 0.3) is 11.1 Å². The first-order chi connectivity index (χ1) is 9.22. The molecule has 1 aromatic heterocycles. The number of piperidine rings is 1. The number of hydrogen-bond donors (Lipinski definition) is 2. The average Bonchev–Trinajstić information content (AvgIpc) is 2.80. The van der Waals surface area contributed by atoms with E-state index in [4.69, 9.17) is 4.42 Å². The van der Waals surface area contributed by atoms with Crippen molar-refractivity contribution in [2.75, 3.05) is 18.4 Å². The van der Waals surface area contributed by atoms with E-state index >= 15 is 0 Å². The van der Waals surface area contributed by atoms with Gasteiger partial charge in [0, 0.05) is 24.7 Å². The van der Waals surface area contributed by atoms with Crippen LogP contribution in [0.2, 0.25) is 0 Å². The second kappa shape index (κ2) is 6.06. The quantitative estimate of drug-likeness (QED) is 0.667. The maximum atomic E-state index is 10.7. The Bertz CT molecular complexity index is 610. The Kier molecular flexibility index (Phi) is 4.41. The van der Waals surface area contributed by atoms with Crippen LogP contribution in [-0.2, 0) is 0 Å². The van der Waals surface area contributed by atoms with Gasteiger partial charge in [-0.25, -0.2) is 0 Å². The molecule has 0 bridgehead atoms. The van der Waals surface area contributed by atoms with Gasteiger partial charge in [0.2, 0.25) is 0 Å². The van der Waals surface area contributed by atoms with Gasteiger partial charge in [-0.3, -0.25) is 10.1 Å². The van der Waals surface area contributed by atoms with Crippen LogP contribution in [0, 0.1) is 10.1 Å². The first kappa shape index (κ1) is 14.5. The maximum absolute atomic E-state index is 10.7. The Morgan fingerprint density at radius 2 is 2.35 bits per heavy atom. The molecule has 2 N–H and O–H groups in total. The second-order valence-electron chi connectivity index (χ2n) is 4.62. The monoisotopic (exact) mass is 298 g/mol. The largest absolute Gasteiger partial charge is 0.424 e. The number of hydrogen-bond acceptors (Lipinski definition) is 6. The fourth-order valence-corrected chi connectivity index (χ4v) is 2.24. The Morgan fingerprint density at radius 3 is 3.05 bits per heavy atom. The third-order valence-electron chi connectivity index (χ3n) is 3.21. The van der Waals surface area contributed by atoms with E-state index in [1.54, 1.807) is 6.07 Å². The molecule has 108 valence electrons. The van der Waals surface area contributed by atoms with E-state index in [2.05, 4.69) is 15.6 Å². The number of nitro groups is 1. The van der Waals surface area contributed by atoms with Crippen LogP contribution in [0.5, 0.6) is 0 Å². The smallest absolute Gasteiger partial charge is 0.295 e. The zero-order chi connectivity index (χ0) is 13.2. The van der Waals surface area contributed by atoms with Crippen molar-refractivity contribution in [1.29, 1.82) is 0 Å². The van der Waals surface area contributed by atoms with Gasteiger partial charge in [-0.1, -0.05) is 0 Å². The van der Waals surface area contributed by atoms with Crippen molar-refractivity contribution >= 4 is 35.2 Å². The van der Waals surface area contributed by atoms with Crippen LogP contribution >= 0.6 is 12.4 Å². The van der Waals surface area contributed by atoms with Crippen LogP contribution in [-0.4, -0.2) is 29.0 Å². The van der Waals surface area contributed by atoms with Crippen molar-refractivity contribution in [2.45, 2.75) is 18.9 Å². The fourth-order valence-electron chi connectivity index (χ4n) is 2.24. The fraction of sp³-hybridized carbons (Fsp3) is 0.417. The summed E-state index contributed by atoms with van der Waals surface area (Å²) in [5.74, 6) is 0. The molecule has 8 heteroatoms. The number of nitrogens with one attached hydrogen (secondary N) is 2. The normalized spacial score (nSPS) is 18.5. The molecule has 2 heterocycles. The van der Waals surface area contributed by atoms with E-state index < -0.39 is 4.92 Å². The number of non-ortho nitro benzene ring substituents is 1. The second-order valence-corrected chi connectivity index (χ2v) is 4.62. The summed E-state index contributed by atoms with van der Waals surface area (Å²) in [5.41, 5.74) is 1.07. The van der Waals surface area contributed by atoms with E-state index in [1.807, 2.05) is 0 Å². The number of nitrogens with zero attached hydrogens (tertiary/aromatic N) is 2. The lowest BCUT2D eigenvalue weighted by Gasteiger charge is -2.22. The summed E-state index contributed by atoms with van der Waals surface area (Å²) < 4.78 is 5.53. The van der Waals surface area contributed by atoms with Crippen LogP contribution in [0.1, 0.15) is 12.8 Å². The van der Waals surface area contributed by atoms with Crippen molar-refractivity contribution in [2.24, 2.45) is 0 Å². The third kappa shape index (κ3) is 3.00. The Labute approximate surface area is 121 Å². The molecule has 3 rings (SSSR count). The molecule has 1 aromatic carbocycles. The minimum atomic E-state index is -0.438. The first-order valence-electron chi connectivity index (χ1n) is 6.24. The van der Waals surface area contributed by atoms with Crippen molar-refractivity contribution in [3.8, 4) is 0 Å². The third-order valence-corrected chi connectivity index (χ3v) is 3.21. The molecule has 0 spiro atoms. The number of anilines is 1. The van der Waals surface area contributed by atoms with Crippen LogP contribution in [0.15, 0.2) is 22.6 Å². The van der Waals surface area contributed by atoms with Gasteiger partial charge in [0.1, 0.15) is 5.52 Å². The maximum Gasteiger partial charge on any atom is 0.295 e. The van der Waals surface area contributed by atoms with E-state index in [-0.39, 0.29) is 24.1 Å². The summed E-state index contributed by atoms with van der Waals surface area (Å²) >= 11 is 0. The lowest BCUT2D eigenvalue weighted by molar-refractivity contribution is -0.384. The van der Waals surface area contributed by atoms with Gasteiger partial charge < -0.3 is 15.1 Å². The highest BCUT2D eigenvalue weighted by Crippen LogP contribution is 2.24. The molecule has 0 amide bonds.